The molecule has 0 spiro atoms. The second-order valence-electron chi connectivity index (χ2n) is 6.42. The minimum Gasteiger partial charge on any atom is -0.366 e. The molecule has 1 aromatic heterocycles. The van der Waals surface area contributed by atoms with Crippen LogP contribution in [0.3, 0.4) is 0 Å². The normalized spacial score (nSPS) is 17.3. The number of benzene rings is 1. The highest BCUT2D eigenvalue weighted by atomic mass is 32.1. The van der Waals surface area contributed by atoms with E-state index >= 15 is 0 Å². The summed E-state index contributed by atoms with van der Waals surface area (Å²) in [5, 5.41) is 16.3. The number of piperidine rings is 1. The van der Waals surface area contributed by atoms with E-state index in [1.165, 1.54) is 6.07 Å². The van der Waals surface area contributed by atoms with E-state index in [9.17, 15) is 14.9 Å². The van der Waals surface area contributed by atoms with Crippen LogP contribution in [0.2, 0.25) is 0 Å². The van der Waals surface area contributed by atoms with Gasteiger partial charge in [0.05, 0.1) is 11.5 Å². The number of hydrogen-bond acceptors (Lipinski definition) is 5. The van der Waals surface area contributed by atoms with Gasteiger partial charge >= 0.3 is 0 Å². The number of nitro groups is 1. The predicted molar refractivity (Wildman–Crippen MR) is 99.2 cm³/mol. The molecule has 2 heterocycles. The molecule has 1 aliphatic rings. The van der Waals surface area contributed by atoms with E-state index in [4.69, 9.17) is 0 Å². The number of carbonyl (C=O) groups excluding carboxylic acids is 1. The number of amides is 1. The van der Waals surface area contributed by atoms with E-state index in [1.807, 2.05) is 17.5 Å². The first kappa shape index (κ1) is 17.4. The number of rotatable bonds is 5. The van der Waals surface area contributed by atoms with Gasteiger partial charge in [-0.1, -0.05) is 13.0 Å². The van der Waals surface area contributed by atoms with Crippen molar-refractivity contribution in [3.05, 3.63) is 56.3 Å². The summed E-state index contributed by atoms with van der Waals surface area (Å²) in [7, 11) is 0. The van der Waals surface area contributed by atoms with Gasteiger partial charge in [-0.25, -0.2) is 0 Å². The van der Waals surface area contributed by atoms with Crippen LogP contribution >= 0.6 is 11.3 Å². The summed E-state index contributed by atoms with van der Waals surface area (Å²) in [6, 6.07) is 8.62. The number of hydrogen-bond donors (Lipinski definition) is 1. The van der Waals surface area contributed by atoms with Crippen LogP contribution in [0.5, 0.6) is 0 Å². The van der Waals surface area contributed by atoms with E-state index in [-0.39, 0.29) is 11.6 Å². The highest BCUT2D eigenvalue weighted by Crippen LogP contribution is 2.32. The summed E-state index contributed by atoms with van der Waals surface area (Å²) in [6.45, 7) is 4.21. The van der Waals surface area contributed by atoms with Gasteiger partial charge in [-0.3, -0.25) is 14.9 Å². The Labute approximate surface area is 150 Å². The predicted octanol–water partition coefficient (Wildman–Crippen LogP) is 3.82. The van der Waals surface area contributed by atoms with Crippen LogP contribution in [0.15, 0.2) is 35.7 Å². The molecule has 25 heavy (non-hydrogen) atoms. The average molecular weight is 359 g/mol. The lowest BCUT2D eigenvalue weighted by atomic mass is 9.99. The molecule has 3 rings (SSSR count). The second-order valence-corrected chi connectivity index (χ2v) is 7.45. The summed E-state index contributed by atoms with van der Waals surface area (Å²) < 4.78 is 0. The van der Waals surface area contributed by atoms with Gasteiger partial charge in [-0.05, 0) is 42.3 Å². The molecule has 2 aromatic rings. The van der Waals surface area contributed by atoms with Gasteiger partial charge in [0.2, 0.25) is 0 Å². The van der Waals surface area contributed by atoms with Gasteiger partial charge < -0.3 is 10.2 Å². The fourth-order valence-corrected chi connectivity index (χ4v) is 3.81. The van der Waals surface area contributed by atoms with E-state index in [0.29, 0.717) is 23.7 Å². The summed E-state index contributed by atoms with van der Waals surface area (Å²) in [4.78, 5) is 26.5. The van der Waals surface area contributed by atoms with Crippen molar-refractivity contribution in [2.45, 2.75) is 26.3 Å². The number of thiophene rings is 1. The van der Waals surface area contributed by atoms with Crippen molar-refractivity contribution in [1.82, 2.24) is 5.32 Å². The number of nitrogens with zero attached hydrogens (tertiary/aromatic N) is 2. The third-order valence-electron chi connectivity index (χ3n) is 4.44. The Morgan fingerprint density at radius 2 is 2.28 bits per heavy atom. The van der Waals surface area contributed by atoms with E-state index < -0.39 is 4.92 Å². The molecule has 132 valence electrons. The molecule has 1 amide bonds. The zero-order valence-electron chi connectivity index (χ0n) is 14.1. The van der Waals surface area contributed by atoms with Crippen molar-refractivity contribution in [2.24, 2.45) is 5.92 Å². The second kappa shape index (κ2) is 7.65. The molecule has 1 unspecified atom stereocenters. The summed E-state index contributed by atoms with van der Waals surface area (Å²) in [5.41, 5.74) is 0.918. The van der Waals surface area contributed by atoms with Gasteiger partial charge in [-0.15, -0.1) is 11.3 Å². The molecular formula is C18H21N3O3S. The Morgan fingerprint density at radius 1 is 1.44 bits per heavy atom. The largest absolute Gasteiger partial charge is 0.366 e. The first-order valence-electron chi connectivity index (χ1n) is 8.38. The molecule has 1 fully saturated rings. The Balaban J connectivity index is 1.78. The fourth-order valence-electron chi connectivity index (χ4n) is 3.17. The zero-order chi connectivity index (χ0) is 17.8. The number of carbonyl (C=O) groups is 1. The van der Waals surface area contributed by atoms with Crippen LogP contribution < -0.4 is 10.2 Å². The summed E-state index contributed by atoms with van der Waals surface area (Å²) >= 11 is 1.56. The number of nitro benzene ring substituents is 1. The highest BCUT2D eigenvalue weighted by molar-refractivity contribution is 7.09. The van der Waals surface area contributed by atoms with Crippen LogP contribution in [-0.2, 0) is 6.54 Å². The molecule has 7 heteroatoms. The molecule has 1 aliphatic heterocycles. The van der Waals surface area contributed by atoms with E-state index in [1.54, 1.807) is 23.5 Å². The van der Waals surface area contributed by atoms with Crippen molar-refractivity contribution in [1.29, 1.82) is 0 Å². The Hall–Kier alpha value is -2.41. The standard InChI is InChI=1S/C18H21N3O3S/c1-13-4-2-8-20(12-13)16-7-6-14(10-17(16)21(23)24)18(22)19-11-15-5-3-9-25-15/h3,5-7,9-10,13H,2,4,8,11-12H2,1H3,(H,19,22). The molecule has 1 aromatic carbocycles. The summed E-state index contributed by atoms with van der Waals surface area (Å²) in [6.07, 6.45) is 2.18. The Morgan fingerprint density at radius 3 is 2.96 bits per heavy atom. The lowest BCUT2D eigenvalue weighted by Gasteiger charge is -2.32. The fraction of sp³-hybridized carbons (Fsp3) is 0.389. The molecule has 0 radical (unpaired) electrons. The first-order valence-corrected chi connectivity index (χ1v) is 9.26. The molecular weight excluding hydrogens is 338 g/mol. The maximum Gasteiger partial charge on any atom is 0.293 e. The van der Waals surface area contributed by atoms with Gasteiger partial charge in [-0.2, -0.15) is 0 Å². The van der Waals surface area contributed by atoms with Crippen LogP contribution in [0.4, 0.5) is 11.4 Å². The smallest absolute Gasteiger partial charge is 0.293 e. The van der Waals surface area contributed by atoms with Crippen molar-refractivity contribution < 1.29 is 9.72 Å². The quantitative estimate of drug-likeness (QED) is 0.650. The maximum atomic E-state index is 12.3. The third-order valence-corrected chi connectivity index (χ3v) is 5.31. The SMILES string of the molecule is CC1CCCN(c2ccc(C(=O)NCc3cccs3)cc2[N+](=O)[O-])C1. The van der Waals surface area contributed by atoms with Gasteiger partial charge in [0.15, 0.2) is 0 Å². The van der Waals surface area contributed by atoms with Crippen molar-refractivity contribution >= 4 is 28.6 Å². The highest BCUT2D eigenvalue weighted by Gasteiger charge is 2.25. The zero-order valence-corrected chi connectivity index (χ0v) is 14.9. The summed E-state index contributed by atoms with van der Waals surface area (Å²) in [5.74, 6) is 0.220. The van der Waals surface area contributed by atoms with Gasteiger partial charge in [0, 0.05) is 29.6 Å². The minimum atomic E-state index is -0.398. The lowest BCUT2D eigenvalue weighted by molar-refractivity contribution is -0.384. The Kier molecular flexibility index (Phi) is 5.33. The van der Waals surface area contributed by atoms with Crippen LogP contribution in [0, 0.1) is 16.0 Å². The van der Waals surface area contributed by atoms with Crippen molar-refractivity contribution in [2.75, 3.05) is 18.0 Å². The van der Waals surface area contributed by atoms with E-state index in [0.717, 1.165) is 30.8 Å². The molecule has 0 bridgehead atoms. The molecule has 1 N–H and O–H groups in total. The third kappa shape index (κ3) is 4.17. The lowest BCUT2D eigenvalue weighted by Crippen LogP contribution is -2.34. The van der Waals surface area contributed by atoms with Gasteiger partial charge in [0.25, 0.3) is 11.6 Å². The molecule has 0 saturated carbocycles. The Bertz CT molecular complexity index is 761. The molecule has 6 nitrogen and oxygen atoms in total. The topological polar surface area (TPSA) is 75.5 Å². The monoisotopic (exact) mass is 359 g/mol. The molecule has 1 saturated heterocycles. The first-order chi connectivity index (χ1) is 12.0. The van der Waals surface area contributed by atoms with Crippen molar-refractivity contribution in [3.8, 4) is 0 Å². The number of anilines is 1. The maximum absolute atomic E-state index is 12.3. The number of nitrogens with one attached hydrogen (secondary N) is 1. The van der Waals surface area contributed by atoms with Crippen molar-refractivity contribution in [3.63, 3.8) is 0 Å². The van der Waals surface area contributed by atoms with Gasteiger partial charge in [0.1, 0.15) is 5.69 Å². The molecule has 0 aliphatic carbocycles. The average Bonchev–Trinajstić information content (AvgIpc) is 3.12. The van der Waals surface area contributed by atoms with E-state index in [2.05, 4.69) is 17.1 Å². The van der Waals surface area contributed by atoms with Crippen LogP contribution in [-0.4, -0.2) is 23.9 Å². The van der Waals surface area contributed by atoms with Crippen LogP contribution in [0.25, 0.3) is 0 Å². The molecule has 1 atom stereocenters. The minimum absolute atomic E-state index is 0.00197. The van der Waals surface area contributed by atoms with Crippen LogP contribution in [0.1, 0.15) is 35.0 Å².